The van der Waals surface area contributed by atoms with Crippen LogP contribution in [-0.2, 0) is 9.47 Å². The Hall–Kier alpha value is -0.120. The third-order valence-corrected chi connectivity index (χ3v) is 3.98. The van der Waals surface area contributed by atoms with Gasteiger partial charge in [-0.15, -0.1) is 0 Å². The molecule has 3 heteroatoms. The molecule has 0 aliphatic carbocycles. The highest BCUT2D eigenvalue weighted by Crippen LogP contribution is 2.37. The maximum Gasteiger partial charge on any atom is 0.0493 e. The summed E-state index contributed by atoms with van der Waals surface area (Å²) in [4.78, 5) is 0. The average molecular weight is 243 g/mol. The molecule has 1 aliphatic heterocycles. The number of hydrogen-bond donors (Lipinski definition) is 1. The fourth-order valence-electron chi connectivity index (χ4n) is 2.66. The first-order valence-electron chi connectivity index (χ1n) is 6.88. The van der Waals surface area contributed by atoms with Crippen molar-refractivity contribution in [1.82, 2.24) is 5.32 Å². The first-order valence-corrected chi connectivity index (χ1v) is 6.88. The van der Waals surface area contributed by atoms with Crippen molar-refractivity contribution < 1.29 is 9.47 Å². The zero-order valence-electron chi connectivity index (χ0n) is 11.9. The Bertz CT molecular complexity index is 200. The molecule has 3 nitrogen and oxygen atoms in total. The minimum Gasteiger partial charge on any atom is -0.384 e. The Morgan fingerprint density at radius 3 is 2.41 bits per heavy atom. The van der Waals surface area contributed by atoms with Crippen molar-refractivity contribution in [3.8, 4) is 0 Å². The lowest BCUT2D eigenvalue weighted by molar-refractivity contribution is -0.0334. The van der Waals surface area contributed by atoms with Gasteiger partial charge in [0.2, 0.25) is 0 Å². The molecule has 17 heavy (non-hydrogen) atoms. The normalized spacial score (nSPS) is 21.7. The van der Waals surface area contributed by atoms with Crippen LogP contribution in [-0.4, -0.2) is 40.0 Å². The van der Waals surface area contributed by atoms with Crippen molar-refractivity contribution in [2.45, 2.75) is 33.6 Å². The summed E-state index contributed by atoms with van der Waals surface area (Å²) in [5, 5.41) is 3.62. The number of hydrogen-bond acceptors (Lipinski definition) is 3. The second-order valence-corrected chi connectivity index (χ2v) is 5.86. The molecule has 1 aliphatic rings. The number of methoxy groups -OCH3 is 1. The van der Waals surface area contributed by atoms with Crippen LogP contribution in [0.3, 0.4) is 0 Å². The monoisotopic (exact) mass is 243 g/mol. The molecule has 0 amide bonds. The van der Waals surface area contributed by atoms with Crippen molar-refractivity contribution >= 4 is 0 Å². The molecular formula is C14H29NO2. The van der Waals surface area contributed by atoms with E-state index >= 15 is 0 Å². The summed E-state index contributed by atoms with van der Waals surface area (Å²) in [7, 11) is 1.80. The van der Waals surface area contributed by atoms with Crippen LogP contribution in [0.2, 0.25) is 0 Å². The Morgan fingerprint density at radius 1 is 1.24 bits per heavy atom. The molecule has 0 bridgehead atoms. The second kappa shape index (κ2) is 7.34. The van der Waals surface area contributed by atoms with Gasteiger partial charge in [-0.1, -0.05) is 20.8 Å². The van der Waals surface area contributed by atoms with E-state index in [-0.39, 0.29) is 0 Å². The summed E-state index contributed by atoms with van der Waals surface area (Å²) in [5.74, 6) is 1.31. The van der Waals surface area contributed by atoms with E-state index in [1.807, 2.05) is 0 Å². The molecule has 1 fully saturated rings. The Labute approximate surface area is 106 Å². The summed E-state index contributed by atoms with van der Waals surface area (Å²) in [6, 6.07) is 0. The van der Waals surface area contributed by atoms with E-state index in [2.05, 4.69) is 26.1 Å². The van der Waals surface area contributed by atoms with E-state index < -0.39 is 0 Å². The van der Waals surface area contributed by atoms with Crippen molar-refractivity contribution in [2.75, 3.05) is 40.0 Å². The van der Waals surface area contributed by atoms with Crippen molar-refractivity contribution in [3.63, 3.8) is 0 Å². The lowest BCUT2D eigenvalue weighted by Gasteiger charge is -2.42. The highest BCUT2D eigenvalue weighted by atomic mass is 16.5. The zero-order valence-corrected chi connectivity index (χ0v) is 11.9. The van der Waals surface area contributed by atoms with Gasteiger partial charge in [-0.2, -0.15) is 0 Å². The largest absolute Gasteiger partial charge is 0.384 e. The molecule has 0 aromatic rings. The van der Waals surface area contributed by atoms with E-state index in [0.29, 0.717) is 17.3 Å². The highest BCUT2D eigenvalue weighted by Gasteiger charge is 2.37. The van der Waals surface area contributed by atoms with Crippen LogP contribution < -0.4 is 5.32 Å². The minimum absolute atomic E-state index is 0.364. The fraction of sp³-hybridized carbons (Fsp3) is 1.00. The molecule has 0 spiro atoms. The standard InChI is InChI=1S/C14H29NO2/c1-12(2)9-15-11-14(13(3)10-16-4)5-7-17-8-6-14/h12-13,15H,5-11H2,1-4H3. The SMILES string of the molecule is COCC(C)C1(CNCC(C)C)CCOCC1. The van der Waals surface area contributed by atoms with Crippen LogP contribution in [0.4, 0.5) is 0 Å². The van der Waals surface area contributed by atoms with Crippen LogP contribution in [0.5, 0.6) is 0 Å². The summed E-state index contributed by atoms with van der Waals surface area (Å²) < 4.78 is 10.9. The van der Waals surface area contributed by atoms with Gasteiger partial charge in [0.05, 0.1) is 0 Å². The summed E-state index contributed by atoms with van der Waals surface area (Å²) in [6.07, 6.45) is 2.31. The first-order chi connectivity index (χ1) is 8.10. The fourth-order valence-corrected chi connectivity index (χ4v) is 2.66. The quantitative estimate of drug-likeness (QED) is 0.744. The van der Waals surface area contributed by atoms with Gasteiger partial charge in [0.1, 0.15) is 0 Å². The minimum atomic E-state index is 0.364. The van der Waals surface area contributed by atoms with E-state index in [1.165, 1.54) is 0 Å². The van der Waals surface area contributed by atoms with Gasteiger partial charge in [0, 0.05) is 33.5 Å². The highest BCUT2D eigenvalue weighted by molar-refractivity contribution is 4.88. The third-order valence-electron chi connectivity index (χ3n) is 3.98. The molecule has 102 valence electrons. The summed E-state index contributed by atoms with van der Waals surface area (Å²) >= 11 is 0. The van der Waals surface area contributed by atoms with Crippen molar-refractivity contribution in [3.05, 3.63) is 0 Å². The van der Waals surface area contributed by atoms with E-state index in [9.17, 15) is 0 Å². The molecule has 1 rings (SSSR count). The average Bonchev–Trinajstić information content (AvgIpc) is 2.30. The van der Waals surface area contributed by atoms with Gasteiger partial charge in [-0.3, -0.25) is 0 Å². The molecule has 0 radical (unpaired) electrons. The third kappa shape index (κ3) is 4.57. The van der Waals surface area contributed by atoms with Crippen LogP contribution in [0.25, 0.3) is 0 Å². The predicted molar refractivity (Wildman–Crippen MR) is 71.2 cm³/mol. The molecule has 0 aromatic carbocycles. The van der Waals surface area contributed by atoms with Gasteiger partial charge in [-0.25, -0.2) is 0 Å². The maximum atomic E-state index is 5.51. The lowest BCUT2D eigenvalue weighted by atomic mass is 9.70. The van der Waals surface area contributed by atoms with E-state index in [1.54, 1.807) is 7.11 Å². The van der Waals surface area contributed by atoms with Crippen molar-refractivity contribution in [2.24, 2.45) is 17.3 Å². The molecule has 1 saturated heterocycles. The molecule has 1 N–H and O–H groups in total. The van der Waals surface area contributed by atoms with Crippen molar-refractivity contribution in [1.29, 1.82) is 0 Å². The number of nitrogens with one attached hydrogen (secondary N) is 1. The van der Waals surface area contributed by atoms with Crippen LogP contribution in [0.15, 0.2) is 0 Å². The Balaban J connectivity index is 2.51. The first kappa shape index (κ1) is 14.9. The van der Waals surface area contributed by atoms with Gasteiger partial charge in [-0.05, 0) is 36.6 Å². The molecule has 0 aromatic heterocycles. The molecule has 1 heterocycles. The molecular weight excluding hydrogens is 214 g/mol. The van der Waals surface area contributed by atoms with Gasteiger partial charge in [0.25, 0.3) is 0 Å². The number of rotatable bonds is 7. The smallest absolute Gasteiger partial charge is 0.0493 e. The lowest BCUT2D eigenvalue weighted by Crippen LogP contribution is -2.45. The molecule has 1 unspecified atom stereocenters. The topological polar surface area (TPSA) is 30.5 Å². The van der Waals surface area contributed by atoms with Gasteiger partial charge < -0.3 is 14.8 Å². The summed E-state index contributed by atoms with van der Waals surface area (Å²) in [5.41, 5.74) is 0.364. The van der Waals surface area contributed by atoms with Crippen LogP contribution >= 0.6 is 0 Å². The van der Waals surface area contributed by atoms with Crippen LogP contribution in [0, 0.1) is 17.3 Å². The molecule has 1 atom stereocenters. The van der Waals surface area contributed by atoms with E-state index in [4.69, 9.17) is 9.47 Å². The van der Waals surface area contributed by atoms with Gasteiger partial charge >= 0.3 is 0 Å². The summed E-state index contributed by atoms with van der Waals surface area (Å²) in [6.45, 7) is 11.7. The molecule has 0 saturated carbocycles. The van der Waals surface area contributed by atoms with E-state index in [0.717, 1.165) is 45.8 Å². The van der Waals surface area contributed by atoms with Crippen LogP contribution in [0.1, 0.15) is 33.6 Å². The number of ether oxygens (including phenoxy) is 2. The zero-order chi connectivity index (χ0) is 12.7. The second-order valence-electron chi connectivity index (χ2n) is 5.86. The Morgan fingerprint density at radius 2 is 1.88 bits per heavy atom. The van der Waals surface area contributed by atoms with Gasteiger partial charge in [0.15, 0.2) is 0 Å². The maximum absolute atomic E-state index is 5.51. The predicted octanol–water partition coefficient (Wildman–Crippen LogP) is 2.31. The Kier molecular flexibility index (Phi) is 6.45.